The molecule has 0 atom stereocenters. The maximum absolute atomic E-state index is 2.67. The van der Waals surface area contributed by atoms with Crippen LogP contribution in [0.1, 0.15) is 0 Å². The van der Waals surface area contributed by atoms with E-state index in [0.29, 0.717) is 0 Å². The third-order valence-corrected chi connectivity index (χ3v) is 28.5. The van der Waals surface area contributed by atoms with Gasteiger partial charge in [0.05, 0.1) is 27.8 Å². The van der Waals surface area contributed by atoms with Gasteiger partial charge in [0.15, 0.2) is 0 Å². The molecule has 0 saturated heterocycles. The molecule has 0 spiro atoms. The van der Waals surface area contributed by atoms with Crippen LogP contribution in [0.15, 0.2) is 318 Å². The smallest absolute Gasteiger partial charge is 0.139 e. The molecule has 15 aromatic rings. The predicted molar refractivity (Wildman–Crippen MR) is 428 cm³/mol. The molecule has 0 aliphatic rings. The Kier molecular flexibility index (Phi) is 15.1. The summed E-state index contributed by atoms with van der Waals surface area (Å²) in [5.41, 5.74) is 25.3. The first-order valence-electron chi connectivity index (χ1n) is 32.2. The van der Waals surface area contributed by atoms with E-state index in [2.05, 4.69) is 367 Å². The van der Waals surface area contributed by atoms with Crippen LogP contribution in [0.4, 0.5) is 0 Å². The van der Waals surface area contributed by atoms with Crippen LogP contribution >= 0.6 is 20.1 Å². The third-order valence-electron chi connectivity index (χ3n) is 20.7. The second-order valence-electron chi connectivity index (χ2n) is 25.1. The molecule has 0 amide bonds. The first-order chi connectivity index (χ1) is 44.8. The Bertz CT molecular complexity index is 5060. The molecule has 0 N–H and O–H groups in total. The van der Waals surface area contributed by atoms with E-state index in [1.165, 1.54) is 160 Å². The van der Waals surface area contributed by atoms with Crippen molar-refractivity contribution in [1.29, 1.82) is 0 Å². The van der Waals surface area contributed by atoms with Gasteiger partial charge in [0.2, 0.25) is 0 Å². The van der Waals surface area contributed by atoms with Crippen molar-refractivity contribution >= 4 is 197 Å². The van der Waals surface area contributed by atoms with Gasteiger partial charge < -0.3 is 9.13 Å². The molecule has 0 saturated carbocycles. The maximum atomic E-state index is 2.67. The third kappa shape index (κ3) is 9.03. The lowest BCUT2D eigenvalue weighted by atomic mass is 9.58. The van der Waals surface area contributed by atoms with E-state index < -0.39 is 20.1 Å². The minimum atomic E-state index is -2.19. The van der Waals surface area contributed by atoms with Crippen molar-refractivity contribution in [2.75, 3.05) is 0 Å². The number of para-hydroxylation sites is 2. The van der Waals surface area contributed by atoms with Crippen LogP contribution < -0.4 is 54.6 Å². The van der Waals surface area contributed by atoms with Crippen LogP contribution in [-0.2, 0) is 0 Å². The zero-order chi connectivity index (χ0) is 63.2. The molecule has 14 heteroatoms. The molecule has 0 aliphatic carbocycles. The molecule has 0 aliphatic heterocycles. The highest BCUT2D eigenvalue weighted by molar-refractivity contribution is 8.34. The van der Waals surface area contributed by atoms with Crippen molar-refractivity contribution in [1.82, 2.24) is 9.13 Å². The highest BCUT2D eigenvalue weighted by Crippen LogP contribution is 2.75. The molecule has 92 heavy (non-hydrogen) atoms. The van der Waals surface area contributed by atoms with Gasteiger partial charge in [0.1, 0.15) is 78.5 Å². The van der Waals surface area contributed by atoms with Crippen LogP contribution in [0.3, 0.4) is 0 Å². The van der Waals surface area contributed by atoms with E-state index in [1.807, 2.05) is 0 Å². The molecule has 13 aromatic carbocycles. The standard InChI is InChI=1S/C78H66B10N2S2/c79-68-66(69(80)73(84)76(87)72(68)83)60-44-55(92(51-29-13-4-14-30-51,52-31-15-5-16-32-52)53-33-17-6-18-34-53)45-61(67-70(81)74(85)77(88)75(86)71(67)82)78(60)90-63-38-22-20-36-57(63)59-43-47(39-42-64(59)90)89-62-37-21-19-35-56(62)58-41-40-54(46-65(58)89)91(48-23-7-1-8-24-48,49-25-9-2-10-26-49)50-27-11-3-12-28-50/h1-46H,79-88H2. The largest absolute Gasteiger partial charge is 0.309 e. The van der Waals surface area contributed by atoms with E-state index in [-0.39, 0.29) is 0 Å². The van der Waals surface area contributed by atoms with Crippen LogP contribution in [0.5, 0.6) is 0 Å². The summed E-state index contributed by atoms with van der Waals surface area (Å²) in [4.78, 5) is 10.4. The number of hydrogen-bond acceptors (Lipinski definition) is 0. The van der Waals surface area contributed by atoms with Crippen molar-refractivity contribution in [3.05, 3.63) is 279 Å². The van der Waals surface area contributed by atoms with Gasteiger partial charge in [-0.2, -0.15) is 0 Å². The van der Waals surface area contributed by atoms with Crippen molar-refractivity contribution in [3.63, 3.8) is 0 Å². The van der Waals surface area contributed by atoms with Crippen molar-refractivity contribution < 1.29 is 0 Å². The molecule has 0 fully saturated rings. The Morgan fingerprint density at radius 3 is 0.902 bits per heavy atom. The number of hydrogen-bond donors (Lipinski definition) is 0. The van der Waals surface area contributed by atoms with Crippen LogP contribution in [0.2, 0.25) is 0 Å². The summed E-state index contributed by atoms with van der Waals surface area (Å²) < 4.78 is 5.21. The lowest BCUT2D eigenvalue weighted by Gasteiger charge is -2.43. The van der Waals surface area contributed by atoms with Crippen molar-refractivity contribution in [2.45, 2.75) is 39.2 Å². The van der Waals surface area contributed by atoms with Crippen LogP contribution in [-0.4, -0.2) is 87.6 Å². The second-order valence-corrected chi connectivity index (χ2v) is 31.3. The van der Waals surface area contributed by atoms with Gasteiger partial charge >= 0.3 is 0 Å². The Morgan fingerprint density at radius 1 is 0.207 bits per heavy atom. The molecule has 15 rings (SSSR count). The average Bonchev–Trinajstić information content (AvgIpc) is 1.68. The molecule has 2 nitrogen and oxygen atoms in total. The first kappa shape index (κ1) is 59.1. The minimum Gasteiger partial charge on any atom is -0.309 e. The zero-order valence-corrected chi connectivity index (χ0v) is 55.9. The van der Waals surface area contributed by atoms with Gasteiger partial charge in [0.25, 0.3) is 0 Å². The average molecular weight is 1200 g/mol. The Balaban J connectivity index is 1.09. The van der Waals surface area contributed by atoms with Gasteiger partial charge in [-0.05, 0) is 139 Å². The molecular weight excluding hydrogens is 1140 g/mol. The second kappa shape index (κ2) is 23.5. The summed E-state index contributed by atoms with van der Waals surface area (Å²) >= 11 is 0. The summed E-state index contributed by atoms with van der Waals surface area (Å²) in [5.74, 6) is 0. The van der Waals surface area contributed by atoms with Crippen LogP contribution in [0.25, 0.3) is 77.2 Å². The number of aromatic nitrogens is 2. The highest BCUT2D eigenvalue weighted by atomic mass is 32.3. The fourth-order valence-electron chi connectivity index (χ4n) is 15.4. The molecule has 2 aromatic heterocycles. The molecular formula is C78H66B10N2S2. The van der Waals surface area contributed by atoms with E-state index in [9.17, 15) is 0 Å². The fraction of sp³-hybridized carbons (Fsp3) is 0. The highest BCUT2D eigenvalue weighted by Gasteiger charge is 2.38. The van der Waals surface area contributed by atoms with E-state index in [0.717, 1.165) is 11.2 Å². The topological polar surface area (TPSA) is 9.86 Å². The van der Waals surface area contributed by atoms with E-state index >= 15 is 0 Å². The Labute approximate surface area is 553 Å². The predicted octanol–water partition coefficient (Wildman–Crippen LogP) is 4.48. The number of benzene rings is 13. The Hall–Kier alpha value is -9.19. The number of nitrogens with zero attached hydrogens (tertiary/aromatic N) is 2. The van der Waals surface area contributed by atoms with E-state index in [1.54, 1.807) is 0 Å². The lowest BCUT2D eigenvalue weighted by Crippen LogP contribution is -2.55. The summed E-state index contributed by atoms with van der Waals surface area (Å²) in [6.45, 7) is 0. The van der Waals surface area contributed by atoms with Gasteiger partial charge in [0, 0.05) is 77.5 Å². The van der Waals surface area contributed by atoms with Crippen LogP contribution in [0, 0.1) is 0 Å². The van der Waals surface area contributed by atoms with Gasteiger partial charge in [-0.15, -0.1) is 52.8 Å². The summed E-state index contributed by atoms with van der Waals surface area (Å²) in [5, 5.41) is 4.87. The van der Waals surface area contributed by atoms with Gasteiger partial charge in [-0.3, -0.25) is 0 Å². The number of rotatable bonds is 12. The van der Waals surface area contributed by atoms with Crippen molar-refractivity contribution in [2.24, 2.45) is 0 Å². The summed E-state index contributed by atoms with van der Waals surface area (Å²) in [6.07, 6.45) is 0. The van der Waals surface area contributed by atoms with Gasteiger partial charge in [-0.1, -0.05) is 174 Å². The zero-order valence-electron chi connectivity index (χ0n) is 54.3. The molecule has 2 heterocycles. The SMILES string of the molecule is Bc1c(B)c(B)c(-c2cc(S(c3ccccc3)(c3ccccc3)c3ccccc3)cc(-c3c(B)c(B)c(B)c(B)c3B)c2-n2c3ccccc3c3cc(-n4c5ccccc5c5ccc(S(c6ccccc6)(c6ccccc6)c6ccccc6)cc54)ccc32)c(B)c1B. The fourth-order valence-corrected chi connectivity index (χ4v) is 23.2. The molecule has 430 valence electrons. The monoisotopic (exact) mass is 1200 g/mol. The van der Waals surface area contributed by atoms with Gasteiger partial charge in [-0.25, -0.2) is 0 Å². The van der Waals surface area contributed by atoms with E-state index in [4.69, 9.17) is 0 Å². The Morgan fingerprint density at radius 2 is 0.511 bits per heavy atom. The first-order valence-corrected chi connectivity index (χ1v) is 35.5. The summed E-state index contributed by atoms with van der Waals surface area (Å²) in [7, 11) is 19.3. The quantitative estimate of drug-likeness (QED) is 0.160. The normalized spacial score (nSPS) is 12.3. The van der Waals surface area contributed by atoms with Crippen molar-refractivity contribution in [3.8, 4) is 33.6 Å². The molecule has 0 unspecified atom stereocenters. The molecule has 0 bridgehead atoms. The summed E-state index contributed by atoms with van der Waals surface area (Å²) in [6, 6.07) is 106. The number of fused-ring (bicyclic) bond motifs is 6. The lowest BCUT2D eigenvalue weighted by molar-refractivity contribution is 1.15. The minimum absolute atomic E-state index is 1.12. The maximum Gasteiger partial charge on any atom is 0.139 e. The molecule has 0 radical (unpaired) electrons.